The summed E-state index contributed by atoms with van der Waals surface area (Å²) in [6, 6.07) is -0.688. The van der Waals surface area contributed by atoms with E-state index in [4.69, 9.17) is 0 Å². The first kappa shape index (κ1) is 16.7. The number of amides is 2. The Labute approximate surface area is 136 Å². The summed E-state index contributed by atoms with van der Waals surface area (Å²) in [5.41, 5.74) is 0. The topological polar surface area (TPSA) is 91.0 Å². The van der Waals surface area contributed by atoms with Crippen LogP contribution in [-0.4, -0.2) is 44.5 Å². The Morgan fingerprint density at radius 1 is 1.33 bits per heavy atom. The van der Waals surface area contributed by atoms with E-state index in [0.29, 0.717) is 18.9 Å². The van der Waals surface area contributed by atoms with Gasteiger partial charge in [-0.1, -0.05) is 6.92 Å². The maximum atomic E-state index is 12.5. The highest BCUT2D eigenvalue weighted by atomic mass is 19.4. The van der Waals surface area contributed by atoms with E-state index in [1.165, 1.54) is 0 Å². The van der Waals surface area contributed by atoms with Gasteiger partial charge in [0, 0.05) is 12.5 Å². The van der Waals surface area contributed by atoms with Crippen molar-refractivity contribution in [2.45, 2.75) is 44.8 Å². The number of likely N-dealkylation sites (tertiary alicyclic amines) is 1. The normalized spacial score (nSPS) is 27.0. The van der Waals surface area contributed by atoms with Gasteiger partial charge in [0.25, 0.3) is 0 Å². The van der Waals surface area contributed by atoms with Gasteiger partial charge in [0.05, 0.1) is 0 Å². The van der Waals surface area contributed by atoms with E-state index in [9.17, 15) is 22.8 Å². The number of nitrogens with zero attached hydrogens (tertiary/aromatic N) is 3. The molecule has 3 rings (SSSR count). The summed E-state index contributed by atoms with van der Waals surface area (Å²) in [6.07, 6.45) is -1.76. The molecule has 2 aliphatic rings. The summed E-state index contributed by atoms with van der Waals surface area (Å²) in [6.45, 7) is 2.47. The molecular formula is C14H18F3N5O2. The van der Waals surface area contributed by atoms with Gasteiger partial charge in [-0.3, -0.25) is 20.0 Å². The molecule has 0 bridgehead atoms. The van der Waals surface area contributed by atoms with Crippen LogP contribution >= 0.6 is 0 Å². The van der Waals surface area contributed by atoms with Crippen molar-refractivity contribution in [2.24, 2.45) is 11.8 Å². The fourth-order valence-electron chi connectivity index (χ4n) is 2.99. The lowest BCUT2D eigenvalue weighted by atomic mass is 10.0. The van der Waals surface area contributed by atoms with Gasteiger partial charge >= 0.3 is 6.18 Å². The van der Waals surface area contributed by atoms with Crippen LogP contribution in [0.3, 0.4) is 0 Å². The average Bonchev–Trinajstić information content (AvgIpc) is 3.06. The fraction of sp³-hybridized carbons (Fsp3) is 0.714. The monoisotopic (exact) mass is 345 g/mol. The Balaban J connectivity index is 1.68. The zero-order valence-electron chi connectivity index (χ0n) is 13.1. The standard InChI is InChI=1S/C14H18F3N5O2/c1-7-6-8(7)11(24)22-5-3-2-4-9(22)10(23)18-13-19-12(20-21-13)14(15,16)17/h7-9H,2-6H2,1H3,(H2,18,19,20,21,23)/t7-,8+,9+/m1/s1. The molecule has 1 aromatic rings. The van der Waals surface area contributed by atoms with Gasteiger partial charge in [-0.25, -0.2) is 0 Å². The molecule has 2 fully saturated rings. The molecule has 1 saturated heterocycles. The molecular weight excluding hydrogens is 327 g/mol. The molecule has 1 aliphatic carbocycles. The number of halogens is 3. The first-order valence-corrected chi connectivity index (χ1v) is 7.88. The highest BCUT2D eigenvalue weighted by Gasteiger charge is 2.45. The quantitative estimate of drug-likeness (QED) is 0.874. The van der Waals surface area contributed by atoms with Crippen molar-refractivity contribution in [3.8, 4) is 0 Å². The number of hydrogen-bond acceptors (Lipinski definition) is 4. The first-order valence-electron chi connectivity index (χ1n) is 7.88. The van der Waals surface area contributed by atoms with Gasteiger partial charge < -0.3 is 4.90 Å². The van der Waals surface area contributed by atoms with Gasteiger partial charge in [-0.05, 0) is 31.6 Å². The molecule has 3 atom stereocenters. The summed E-state index contributed by atoms with van der Waals surface area (Å²) in [5.74, 6) is -2.03. The second-order valence-corrected chi connectivity index (χ2v) is 6.36. The van der Waals surface area contributed by atoms with E-state index in [2.05, 4.69) is 15.4 Å². The summed E-state index contributed by atoms with van der Waals surface area (Å²) >= 11 is 0. The number of anilines is 1. The number of H-pyrrole nitrogens is 1. The minimum atomic E-state index is -4.66. The third kappa shape index (κ3) is 3.36. The Hall–Kier alpha value is -2.13. The first-order chi connectivity index (χ1) is 11.3. The van der Waals surface area contributed by atoms with Crippen molar-refractivity contribution in [3.05, 3.63) is 5.82 Å². The maximum Gasteiger partial charge on any atom is 0.451 e. The van der Waals surface area contributed by atoms with Crippen LogP contribution < -0.4 is 5.32 Å². The summed E-state index contributed by atoms with van der Waals surface area (Å²) < 4.78 is 37.5. The summed E-state index contributed by atoms with van der Waals surface area (Å²) in [5, 5.41) is 7.37. The van der Waals surface area contributed by atoms with Crippen molar-refractivity contribution in [1.82, 2.24) is 20.1 Å². The molecule has 132 valence electrons. The second-order valence-electron chi connectivity index (χ2n) is 6.36. The van der Waals surface area contributed by atoms with Crippen molar-refractivity contribution in [3.63, 3.8) is 0 Å². The van der Waals surface area contributed by atoms with Crippen LogP contribution in [0.25, 0.3) is 0 Å². The van der Waals surface area contributed by atoms with Gasteiger partial charge in [0.1, 0.15) is 6.04 Å². The van der Waals surface area contributed by atoms with Crippen LogP contribution in [0.1, 0.15) is 38.4 Å². The molecule has 1 saturated carbocycles. The predicted octanol–water partition coefficient (Wildman–Crippen LogP) is 1.80. The molecule has 24 heavy (non-hydrogen) atoms. The van der Waals surface area contributed by atoms with E-state index < -0.39 is 29.9 Å². The van der Waals surface area contributed by atoms with Crippen LogP contribution in [0.15, 0.2) is 0 Å². The van der Waals surface area contributed by atoms with Crippen molar-refractivity contribution >= 4 is 17.8 Å². The molecule has 1 aliphatic heterocycles. The molecule has 0 spiro atoms. The Bertz CT molecular complexity index is 645. The van der Waals surface area contributed by atoms with Gasteiger partial charge in [0.15, 0.2) is 0 Å². The number of aromatic amines is 1. The number of piperidine rings is 1. The minimum Gasteiger partial charge on any atom is -0.330 e. The van der Waals surface area contributed by atoms with Crippen LogP contribution in [0.5, 0.6) is 0 Å². The third-order valence-corrected chi connectivity index (χ3v) is 4.50. The van der Waals surface area contributed by atoms with Crippen LogP contribution in [-0.2, 0) is 15.8 Å². The number of hydrogen-bond donors (Lipinski definition) is 2. The number of carbonyl (C=O) groups excluding carboxylic acids is 2. The molecule has 2 N–H and O–H groups in total. The summed E-state index contributed by atoms with van der Waals surface area (Å²) in [7, 11) is 0. The number of carbonyl (C=O) groups is 2. The molecule has 7 nitrogen and oxygen atoms in total. The SMILES string of the molecule is C[C@@H]1C[C@@H]1C(=O)N1CCCC[C@H]1C(=O)Nc1n[nH]c(C(F)(F)F)n1. The second kappa shape index (κ2) is 6.06. The minimum absolute atomic E-state index is 0.0428. The maximum absolute atomic E-state index is 12.5. The Morgan fingerprint density at radius 2 is 2.04 bits per heavy atom. The zero-order valence-corrected chi connectivity index (χ0v) is 13.1. The number of aromatic nitrogens is 3. The molecule has 2 amide bonds. The van der Waals surface area contributed by atoms with E-state index in [-0.39, 0.29) is 11.8 Å². The fourth-order valence-corrected chi connectivity index (χ4v) is 2.99. The van der Waals surface area contributed by atoms with E-state index in [0.717, 1.165) is 19.3 Å². The highest BCUT2D eigenvalue weighted by molar-refractivity contribution is 5.96. The lowest BCUT2D eigenvalue weighted by molar-refractivity contribution is -0.144. The molecule has 2 heterocycles. The number of nitrogens with one attached hydrogen (secondary N) is 2. The van der Waals surface area contributed by atoms with E-state index in [1.807, 2.05) is 6.92 Å². The third-order valence-electron chi connectivity index (χ3n) is 4.50. The Kier molecular flexibility index (Phi) is 4.22. The van der Waals surface area contributed by atoms with Gasteiger partial charge in [-0.15, -0.1) is 5.10 Å². The lowest BCUT2D eigenvalue weighted by Crippen LogP contribution is -2.50. The average molecular weight is 345 g/mol. The lowest BCUT2D eigenvalue weighted by Gasteiger charge is -2.34. The predicted molar refractivity (Wildman–Crippen MR) is 76.6 cm³/mol. The largest absolute Gasteiger partial charge is 0.451 e. The number of rotatable bonds is 3. The van der Waals surface area contributed by atoms with Gasteiger partial charge in [-0.2, -0.15) is 18.2 Å². The highest BCUT2D eigenvalue weighted by Crippen LogP contribution is 2.40. The van der Waals surface area contributed by atoms with Gasteiger partial charge in [0.2, 0.25) is 23.6 Å². The smallest absolute Gasteiger partial charge is 0.330 e. The van der Waals surface area contributed by atoms with Crippen LogP contribution in [0.4, 0.5) is 19.1 Å². The number of alkyl halides is 3. The van der Waals surface area contributed by atoms with Crippen LogP contribution in [0, 0.1) is 11.8 Å². The van der Waals surface area contributed by atoms with E-state index >= 15 is 0 Å². The van der Waals surface area contributed by atoms with Crippen LogP contribution in [0.2, 0.25) is 0 Å². The van der Waals surface area contributed by atoms with Crippen molar-refractivity contribution in [1.29, 1.82) is 0 Å². The molecule has 0 radical (unpaired) electrons. The van der Waals surface area contributed by atoms with Crippen molar-refractivity contribution in [2.75, 3.05) is 11.9 Å². The van der Waals surface area contributed by atoms with Crippen molar-refractivity contribution < 1.29 is 22.8 Å². The molecule has 0 aromatic carbocycles. The zero-order chi connectivity index (χ0) is 17.5. The summed E-state index contributed by atoms with van der Waals surface area (Å²) in [4.78, 5) is 29.6. The van der Waals surface area contributed by atoms with E-state index in [1.54, 1.807) is 10.00 Å². The molecule has 0 unspecified atom stereocenters. The Morgan fingerprint density at radius 3 is 2.62 bits per heavy atom. The molecule has 1 aromatic heterocycles. The molecule has 10 heteroatoms.